The van der Waals surface area contributed by atoms with Gasteiger partial charge in [-0.1, -0.05) is 30.3 Å². The van der Waals surface area contributed by atoms with E-state index in [1.807, 2.05) is 37.3 Å². The molecular weight excluding hydrogens is 514 g/mol. The number of hydrogen-bond acceptors (Lipinski definition) is 7. The van der Waals surface area contributed by atoms with Crippen molar-refractivity contribution in [3.63, 3.8) is 0 Å². The molecule has 0 bridgehead atoms. The molecule has 0 saturated carbocycles. The number of nitrogens with zero attached hydrogens (tertiary/aromatic N) is 3. The Morgan fingerprint density at radius 1 is 0.949 bits per heavy atom. The van der Waals surface area contributed by atoms with Crippen molar-refractivity contribution in [3.05, 3.63) is 89.6 Å². The topological polar surface area (TPSA) is 81.2 Å². The van der Waals surface area contributed by atoms with Gasteiger partial charge in [0.15, 0.2) is 11.5 Å². The van der Waals surface area contributed by atoms with Crippen LogP contribution in [0.4, 0.5) is 0 Å². The second kappa shape index (κ2) is 10.1. The number of benzene rings is 3. The molecule has 0 aliphatic carbocycles. The van der Waals surface area contributed by atoms with Gasteiger partial charge >= 0.3 is 0 Å². The zero-order chi connectivity index (χ0) is 27.1. The predicted octanol–water partition coefficient (Wildman–Crippen LogP) is 4.95. The zero-order valence-corrected chi connectivity index (χ0v) is 23.0. The molecule has 0 radical (unpaired) electrons. The largest absolute Gasteiger partial charge is 0.494 e. The number of hydrogen-bond donors (Lipinski definition) is 0. The quantitative estimate of drug-likeness (QED) is 0.325. The van der Waals surface area contributed by atoms with Crippen molar-refractivity contribution in [2.75, 3.05) is 33.9 Å². The summed E-state index contributed by atoms with van der Waals surface area (Å²) in [7, 11) is -0.805. The minimum absolute atomic E-state index is 0.0741. The van der Waals surface area contributed by atoms with Gasteiger partial charge in [-0.2, -0.15) is 4.31 Å². The van der Waals surface area contributed by atoms with Crippen molar-refractivity contribution < 1.29 is 22.6 Å². The molecule has 8 nitrogen and oxygen atoms in total. The van der Waals surface area contributed by atoms with Crippen LogP contribution in [-0.4, -0.2) is 56.5 Å². The molecule has 1 aromatic heterocycles. The van der Waals surface area contributed by atoms with E-state index in [4.69, 9.17) is 14.2 Å². The highest BCUT2D eigenvalue weighted by Crippen LogP contribution is 2.48. The highest BCUT2D eigenvalue weighted by atomic mass is 32.2. The third-order valence-corrected chi connectivity index (χ3v) is 9.56. The van der Waals surface area contributed by atoms with Crippen LogP contribution in [-0.2, 0) is 16.4 Å². The molecule has 39 heavy (non-hydrogen) atoms. The highest BCUT2D eigenvalue weighted by molar-refractivity contribution is 7.89. The maximum atomic E-state index is 14.6. The first-order valence-electron chi connectivity index (χ1n) is 13.1. The summed E-state index contributed by atoms with van der Waals surface area (Å²) in [5, 5.41) is 0.533. The van der Waals surface area contributed by atoms with Crippen molar-refractivity contribution >= 4 is 20.9 Å². The van der Waals surface area contributed by atoms with E-state index in [0.717, 1.165) is 18.5 Å². The van der Waals surface area contributed by atoms with E-state index in [-0.39, 0.29) is 10.9 Å². The third-order valence-electron chi connectivity index (χ3n) is 7.68. The Bertz CT molecular complexity index is 1640. The average molecular weight is 546 g/mol. The van der Waals surface area contributed by atoms with Gasteiger partial charge in [-0.25, -0.2) is 8.42 Å². The number of ether oxygens (including phenoxy) is 3. The predicted molar refractivity (Wildman–Crippen MR) is 149 cm³/mol. The molecular formula is C30H31N3O5S. The Morgan fingerprint density at radius 3 is 2.54 bits per heavy atom. The molecule has 1 saturated heterocycles. The molecule has 2 aliphatic rings. The molecule has 202 valence electrons. The Labute approximate surface area is 228 Å². The van der Waals surface area contributed by atoms with E-state index >= 15 is 0 Å². The number of methoxy groups -OCH3 is 2. The molecule has 0 N–H and O–H groups in total. The van der Waals surface area contributed by atoms with Gasteiger partial charge in [0.1, 0.15) is 17.4 Å². The fourth-order valence-corrected chi connectivity index (χ4v) is 7.73. The van der Waals surface area contributed by atoms with Gasteiger partial charge in [0, 0.05) is 24.7 Å². The van der Waals surface area contributed by atoms with Crippen molar-refractivity contribution in [3.8, 4) is 17.2 Å². The summed E-state index contributed by atoms with van der Waals surface area (Å²) in [6, 6.07) is 20.8. The zero-order valence-electron chi connectivity index (χ0n) is 22.2. The minimum Gasteiger partial charge on any atom is -0.494 e. The van der Waals surface area contributed by atoms with Crippen molar-refractivity contribution in [1.29, 1.82) is 0 Å². The maximum absolute atomic E-state index is 14.6. The van der Waals surface area contributed by atoms with Gasteiger partial charge in [-0.05, 0) is 66.4 Å². The van der Waals surface area contributed by atoms with Crippen LogP contribution >= 0.6 is 0 Å². The standard InChI is InChI=1S/C30H31N3O5S/c1-4-38-27-18-21(11-12-25(27)36-2)30-32-17-15-20-8-5-6-9-22(20)24(32)19-33(30)39(34,35)28-14-13-26(37-3)29-23(28)10-7-16-31-29/h5-14,16,18,24,30H,4,15,17,19H2,1-3H3/t24-,30-/m1/s1. The average Bonchev–Trinajstić information content (AvgIpc) is 3.38. The first-order chi connectivity index (χ1) is 19.0. The Balaban J connectivity index is 1.53. The van der Waals surface area contributed by atoms with Crippen LogP contribution in [0.5, 0.6) is 17.2 Å². The second-order valence-corrected chi connectivity index (χ2v) is 11.5. The second-order valence-electron chi connectivity index (χ2n) is 9.66. The van der Waals surface area contributed by atoms with Crippen molar-refractivity contribution in [2.45, 2.75) is 30.4 Å². The van der Waals surface area contributed by atoms with E-state index in [1.54, 1.807) is 49.0 Å². The molecule has 2 aliphatic heterocycles. The van der Waals surface area contributed by atoms with E-state index in [2.05, 4.69) is 22.0 Å². The summed E-state index contributed by atoms with van der Waals surface area (Å²) < 4.78 is 47.7. The highest BCUT2D eigenvalue weighted by Gasteiger charge is 2.49. The van der Waals surface area contributed by atoms with Crippen LogP contribution in [0.15, 0.2) is 77.8 Å². The molecule has 9 heteroatoms. The van der Waals surface area contributed by atoms with Crippen LogP contribution < -0.4 is 14.2 Å². The summed E-state index contributed by atoms with van der Waals surface area (Å²) in [6.45, 7) is 3.45. The molecule has 6 rings (SSSR count). The first kappa shape index (κ1) is 25.6. The van der Waals surface area contributed by atoms with Crippen LogP contribution in [0, 0.1) is 0 Å². The monoisotopic (exact) mass is 545 g/mol. The number of fused-ring (bicyclic) bond motifs is 4. The lowest BCUT2D eigenvalue weighted by Gasteiger charge is -2.36. The normalized spacial score (nSPS) is 19.5. The van der Waals surface area contributed by atoms with Crippen LogP contribution in [0.2, 0.25) is 0 Å². The van der Waals surface area contributed by atoms with Gasteiger partial charge in [0.2, 0.25) is 10.0 Å². The van der Waals surface area contributed by atoms with E-state index < -0.39 is 16.2 Å². The van der Waals surface area contributed by atoms with E-state index in [9.17, 15) is 8.42 Å². The SMILES string of the molecule is CCOc1cc([C@@H]2N3CCc4ccccc4[C@H]3CN2S(=O)(=O)c2ccc(OC)c3ncccc23)ccc1OC. The third kappa shape index (κ3) is 4.21. The summed E-state index contributed by atoms with van der Waals surface area (Å²) in [5.41, 5.74) is 3.79. The smallest absolute Gasteiger partial charge is 0.245 e. The molecule has 3 heterocycles. The fourth-order valence-electron chi connectivity index (χ4n) is 5.95. The molecule has 1 fully saturated rings. The van der Waals surface area contributed by atoms with Gasteiger partial charge in [-0.15, -0.1) is 0 Å². The summed E-state index contributed by atoms with van der Waals surface area (Å²) in [5.74, 6) is 1.74. The molecule has 0 spiro atoms. The molecule has 2 atom stereocenters. The van der Waals surface area contributed by atoms with Gasteiger partial charge in [0.25, 0.3) is 0 Å². The summed E-state index contributed by atoms with van der Waals surface area (Å²) in [4.78, 5) is 6.94. The minimum atomic E-state index is -3.97. The molecule has 0 unspecified atom stereocenters. The van der Waals surface area contributed by atoms with E-state index in [0.29, 0.717) is 41.3 Å². The van der Waals surface area contributed by atoms with Crippen LogP contribution in [0.3, 0.4) is 0 Å². The number of pyridine rings is 1. The maximum Gasteiger partial charge on any atom is 0.245 e. The lowest BCUT2D eigenvalue weighted by Crippen LogP contribution is -2.37. The molecule has 4 aromatic rings. The number of rotatable bonds is 7. The Hall–Kier alpha value is -3.66. The first-order valence-corrected chi connectivity index (χ1v) is 14.5. The van der Waals surface area contributed by atoms with Crippen LogP contribution in [0.25, 0.3) is 10.9 Å². The number of sulfonamides is 1. The van der Waals surface area contributed by atoms with Gasteiger partial charge in [-0.3, -0.25) is 9.88 Å². The lowest BCUT2D eigenvalue weighted by atomic mass is 9.93. The van der Waals surface area contributed by atoms with Crippen molar-refractivity contribution in [1.82, 2.24) is 14.2 Å². The Morgan fingerprint density at radius 2 is 1.74 bits per heavy atom. The fraction of sp³-hybridized carbons (Fsp3) is 0.300. The van der Waals surface area contributed by atoms with E-state index in [1.165, 1.54) is 11.1 Å². The number of aromatic nitrogens is 1. The Kier molecular flexibility index (Phi) is 6.66. The lowest BCUT2D eigenvalue weighted by molar-refractivity contribution is 0.154. The molecule has 0 amide bonds. The summed E-state index contributed by atoms with van der Waals surface area (Å²) in [6.07, 6.45) is 1.97. The van der Waals surface area contributed by atoms with Gasteiger partial charge in [0.05, 0.1) is 31.8 Å². The summed E-state index contributed by atoms with van der Waals surface area (Å²) >= 11 is 0. The molecule has 3 aromatic carbocycles. The van der Waals surface area contributed by atoms with Crippen LogP contribution in [0.1, 0.15) is 35.8 Å². The van der Waals surface area contributed by atoms with Crippen molar-refractivity contribution in [2.24, 2.45) is 0 Å². The van der Waals surface area contributed by atoms with Gasteiger partial charge < -0.3 is 14.2 Å².